The van der Waals surface area contributed by atoms with Crippen LogP contribution in [0.15, 0.2) is 11.2 Å². The first kappa shape index (κ1) is 11.0. The van der Waals surface area contributed by atoms with Crippen LogP contribution in [0.3, 0.4) is 0 Å². The van der Waals surface area contributed by atoms with Crippen LogP contribution in [-0.4, -0.2) is 51.0 Å². The summed E-state index contributed by atoms with van der Waals surface area (Å²) in [6.45, 7) is 0.375. The average Bonchev–Trinajstić information content (AvgIpc) is 1.59. The van der Waals surface area contributed by atoms with Gasteiger partial charge in [0.1, 0.15) is 0 Å². The first-order valence-electron chi connectivity index (χ1n) is 2.22. The van der Waals surface area contributed by atoms with Crippen LogP contribution in [0, 0.1) is 0 Å². The van der Waals surface area contributed by atoms with Gasteiger partial charge in [0.2, 0.25) is 0 Å². The quantitative estimate of drug-likeness (QED) is 0.420. The van der Waals surface area contributed by atoms with E-state index in [1.165, 1.54) is 6.20 Å². The van der Waals surface area contributed by atoms with Crippen molar-refractivity contribution in [2.45, 2.75) is 0 Å². The molecule has 0 aromatic rings. The van der Waals surface area contributed by atoms with Crippen molar-refractivity contribution in [1.82, 2.24) is 15.2 Å². The first-order chi connectivity index (χ1) is 4.18. The van der Waals surface area contributed by atoms with Crippen LogP contribution >= 0.6 is 23.4 Å². The Balaban J connectivity index is 0.000000810. The molecule has 1 rings (SSSR count). The molecule has 0 atom stereocenters. The Morgan fingerprint density at radius 2 is 2.30 bits per heavy atom. The van der Waals surface area contributed by atoms with Gasteiger partial charge in [-0.25, -0.2) is 0 Å². The average molecular weight is 194 g/mol. The van der Waals surface area contributed by atoms with Gasteiger partial charge < -0.3 is 0 Å². The molecule has 1 aliphatic heterocycles. The second-order valence-electron chi connectivity index (χ2n) is 1.54. The van der Waals surface area contributed by atoms with E-state index in [2.05, 4.69) is 5.53 Å². The Bertz CT molecular complexity index is 144. The van der Waals surface area contributed by atoms with Crippen molar-refractivity contribution in [3.63, 3.8) is 0 Å². The molecule has 0 aromatic carbocycles. The maximum absolute atomic E-state index is 8.69. The zero-order chi connectivity index (χ0) is 6.85. The Hall–Kier alpha value is 1.00. The molecule has 54 valence electrons. The molecule has 0 aromatic heterocycles. The Kier molecular flexibility index (Phi) is 5.27. The van der Waals surface area contributed by atoms with E-state index in [0.717, 1.165) is 4.53 Å². The number of nitrogens with zero attached hydrogens (tertiary/aromatic N) is 2. The summed E-state index contributed by atoms with van der Waals surface area (Å²) in [4.78, 5) is 0. The first-order valence-corrected chi connectivity index (χ1v) is 2.94. The summed E-state index contributed by atoms with van der Waals surface area (Å²) >= 11 is 10.9. The van der Waals surface area contributed by atoms with Crippen LogP contribution in [0.2, 0.25) is 0 Å². The van der Waals surface area contributed by atoms with Crippen LogP contribution in [0.4, 0.5) is 0 Å². The summed E-state index contributed by atoms with van der Waals surface area (Å²) in [5.41, 5.74) is 2.34. The summed E-state index contributed by atoms with van der Waals surface area (Å²) in [7, 11) is 0. The van der Waals surface area contributed by atoms with Gasteiger partial charge in [0.15, 0.2) is 0 Å². The minimum absolute atomic E-state index is 0. The number of hydroxylamine groups is 1. The zero-order valence-corrected chi connectivity index (χ0v) is 5.89. The molecule has 1 aliphatic rings. The van der Waals surface area contributed by atoms with Crippen molar-refractivity contribution in [3.8, 4) is 0 Å². The van der Waals surface area contributed by atoms with Crippen LogP contribution in [-0.2, 0) is 0 Å². The Morgan fingerprint density at radius 3 is 2.70 bits per heavy atom. The normalized spacial score (nSPS) is 19.9. The van der Waals surface area contributed by atoms with E-state index in [1.54, 1.807) is 0 Å². The SMILES string of the molecule is ON1C=C(Cl)CN(Cl)N1.[NaH]. The van der Waals surface area contributed by atoms with Crippen molar-refractivity contribution in [3.05, 3.63) is 11.2 Å². The molecular weight excluding hydrogens is 188 g/mol. The van der Waals surface area contributed by atoms with Crippen LogP contribution < -0.4 is 5.53 Å². The van der Waals surface area contributed by atoms with Crippen molar-refractivity contribution < 1.29 is 5.21 Å². The number of hydrazine groups is 2. The van der Waals surface area contributed by atoms with Gasteiger partial charge in [-0.3, -0.25) is 5.21 Å². The molecule has 0 fully saturated rings. The van der Waals surface area contributed by atoms with Crippen molar-refractivity contribution in [2.24, 2.45) is 0 Å². The number of halogens is 2. The molecule has 1 heterocycles. The van der Waals surface area contributed by atoms with Gasteiger partial charge in [0, 0.05) is 0 Å². The standard InChI is InChI=1S/C3H5Cl2N3O.Na.H/c4-3-1-7(5)6-8(9)2-3;;/h2,6,9H,1H2;;. The van der Waals surface area contributed by atoms with Crippen LogP contribution in [0.25, 0.3) is 0 Å². The van der Waals surface area contributed by atoms with Gasteiger partial charge in [-0.2, -0.15) is 5.17 Å². The Labute approximate surface area is 90.7 Å². The predicted molar refractivity (Wildman–Crippen MR) is 40.4 cm³/mol. The van der Waals surface area contributed by atoms with Gasteiger partial charge in [0.05, 0.1) is 17.8 Å². The van der Waals surface area contributed by atoms with Gasteiger partial charge >= 0.3 is 29.6 Å². The fourth-order valence-electron chi connectivity index (χ4n) is 0.482. The Morgan fingerprint density at radius 1 is 1.70 bits per heavy atom. The third kappa shape index (κ3) is 3.41. The number of hydrogen-bond acceptors (Lipinski definition) is 4. The number of nitrogens with one attached hydrogen (secondary N) is 1. The second kappa shape index (κ2) is 4.79. The third-order valence-corrected chi connectivity index (χ3v) is 1.18. The molecular formula is C3H6Cl2N3NaO. The second-order valence-corrected chi connectivity index (χ2v) is 2.43. The molecule has 2 N–H and O–H groups in total. The molecule has 0 bridgehead atoms. The molecule has 0 spiro atoms. The van der Waals surface area contributed by atoms with Gasteiger partial charge in [-0.05, 0) is 11.8 Å². The fraction of sp³-hybridized carbons (Fsp3) is 0.333. The summed E-state index contributed by atoms with van der Waals surface area (Å²) in [6.07, 6.45) is 1.32. The van der Waals surface area contributed by atoms with Gasteiger partial charge in [-0.15, -0.1) is 10.1 Å². The fourth-order valence-corrected chi connectivity index (χ4v) is 0.961. The molecule has 10 heavy (non-hydrogen) atoms. The summed E-state index contributed by atoms with van der Waals surface area (Å²) in [6, 6.07) is 0. The predicted octanol–water partition coefficient (Wildman–Crippen LogP) is -0.00170. The summed E-state index contributed by atoms with van der Waals surface area (Å²) < 4.78 is 1.13. The van der Waals surface area contributed by atoms with Crippen molar-refractivity contribution >= 4 is 52.9 Å². The number of rotatable bonds is 0. The monoisotopic (exact) mass is 193 g/mol. The van der Waals surface area contributed by atoms with E-state index in [4.69, 9.17) is 28.6 Å². The molecule has 7 heteroatoms. The van der Waals surface area contributed by atoms with E-state index in [1.807, 2.05) is 0 Å². The summed E-state index contributed by atoms with van der Waals surface area (Å²) in [5, 5.41) is 9.83. The van der Waals surface area contributed by atoms with Crippen LogP contribution in [0.5, 0.6) is 0 Å². The molecule has 0 radical (unpaired) electrons. The van der Waals surface area contributed by atoms with Gasteiger partial charge in [0.25, 0.3) is 0 Å². The van der Waals surface area contributed by atoms with Crippen molar-refractivity contribution in [1.29, 1.82) is 0 Å². The minimum atomic E-state index is 0. The third-order valence-electron chi connectivity index (χ3n) is 0.763. The van der Waals surface area contributed by atoms with E-state index in [-0.39, 0.29) is 29.6 Å². The van der Waals surface area contributed by atoms with Gasteiger partial charge in [-0.1, -0.05) is 11.6 Å². The zero-order valence-electron chi connectivity index (χ0n) is 4.38. The molecule has 4 nitrogen and oxygen atoms in total. The van der Waals surface area contributed by atoms with Crippen molar-refractivity contribution in [2.75, 3.05) is 6.54 Å². The van der Waals surface area contributed by atoms with E-state index < -0.39 is 0 Å². The molecule has 0 aliphatic carbocycles. The van der Waals surface area contributed by atoms with E-state index >= 15 is 0 Å². The van der Waals surface area contributed by atoms with E-state index in [9.17, 15) is 0 Å². The number of hydrogen-bond donors (Lipinski definition) is 2. The molecule has 0 saturated heterocycles. The van der Waals surface area contributed by atoms with E-state index in [0.29, 0.717) is 16.7 Å². The molecule has 0 unspecified atom stereocenters. The summed E-state index contributed by atoms with van der Waals surface area (Å²) in [5.74, 6) is 0. The molecule has 0 saturated carbocycles. The topological polar surface area (TPSA) is 38.7 Å². The maximum atomic E-state index is 8.69. The van der Waals surface area contributed by atoms with Crippen LogP contribution in [0.1, 0.15) is 0 Å². The molecule has 0 amide bonds.